The number of aromatic nitrogens is 3. The number of nitrogens with zero attached hydrogens (tertiary/aromatic N) is 3. The molecule has 0 bridgehead atoms. The Labute approximate surface area is 169 Å². The summed E-state index contributed by atoms with van der Waals surface area (Å²) >= 11 is 6.03. The second-order valence-electron chi connectivity index (χ2n) is 7.23. The van der Waals surface area contributed by atoms with Crippen LogP contribution in [0.1, 0.15) is 31.2 Å². The third-order valence-electron chi connectivity index (χ3n) is 5.48. The van der Waals surface area contributed by atoms with Crippen molar-refractivity contribution in [2.45, 2.75) is 37.6 Å². The van der Waals surface area contributed by atoms with E-state index in [0.717, 1.165) is 42.6 Å². The molecule has 6 heteroatoms. The molecule has 0 saturated heterocycles. The molecule has 0 radical (unpaired) electrons. The van der Waals surface area contributed by atoms with Crippen LogP contribution in [0.25, 0.3) is 11.4 Å². The van der Waals surface area contributed by atoms with Crippen LogP contribution in [0.3, 0.4) is 0 Å². The molecule has 2 heterocycles. The smallest absolute Gasteiger partial charge is 0.230 e. The molecule has 1 amide bonds. The van der Waals surface area contributed by atoms with Gasteiger partial charge < -0.3 is 5.32 Å². The van der Waals surface area contributed by atoms with Crippen LogP contribution in [-0.4, -0.2) is 27.2 Å². The van der Waals surface area contributed by atoms with Crippen molar-refractivity contribution in [2.24, 2.45) is 0 Å². The third kappa shape index (κ3) is 3.80. The number of carbonyl (C=O) groups is 1. The average molecular weight is 395 g/mol. The Kier molecular flexibility index (Phi) is 5.44. The fourth-order valence-corrected chi connectivity index (χ4v) is 4.11. The lowest BCUT2D eigenvalue weighted by atomic mass is 9.78. The van der Waals surface area contributed by atoms with Gasteiger partial charge in [-0.1, -0.05) is 42.6 Å². The zero-order valence-electron chi connectivity index (χ0n) is 15.6. The van der Waals surface area contributed by atoms with E-state index in [4.69, 9.17) is 11.6 Å². The monoisotopic (exact) mass is 394 g/mol. The van der Waals surface area contributed by atoms with Gasteiger partial charge in [-0.3, -0.25) is 14.5 Å². The van der Waals surface area contributed by atoms with Gasteiger partial charge >= 0.3 is 0 Å². The van der Waals surface area contributed by atoms with Gasteiger partial charge in [0.05, 0.1) is 17.7 Å². The van der Waals surface area contributed by atoms with Crippen molar-refractivity contribution in [3.63, 3.8) is 0 Å². The fraction of sp³-hybridized carbons (Fsp3) is 0.318. The number of nitrogens with one attached hydrogen (secondary N) is 1. The highest BCUT2D eigenvalue weighted by Gasteiger charge is 2.42. The van der Waals surface area contributed by atoms with Crippen molar-refractivity contribution in [3.05, 3.63) is 71.5 Å². The van der Waals surface area contributed by atoms with Gasteiger partial charge in [-0.05, 0) is 48.7 Å². The topological polar surface area (TPSA) is 59.8 Å². The number of benzene rings is 1. The summed E-state index contributed by atoms with van der Waals surface area (Å²) in [6, 6.07) is 15.4. The highest BCUT2D eigenvalue weighted by Crippen LogP contribution is 2.41. The highest BCUT2D eigenvalue weighted by molar-refractivity contribution is 6.30. The summed E-state index contributed by atoms with van der Waals surface area (Å²) < 4.78 is 1.84. The first-order valence-corrected chi connectivity index (χ1v) is 10.0. The van der Waals surface area contributed by atoms with Crippen LogP contribution in [0, 0.1) is 0 Å². The minimum absolute atomic E-state index is 0.101. The van der Waals surface area contributed by atoms with Crippen molar-refractivity contribution in [1.82, 2.24) is 20.1 Å². The SMILES string of the molecule is O=C(NCCn1ccc(-c2ccccn2)n1)C1(c2ccc(Cl)cc2)CCCC1. The highest BCUT2D eigenvalue weighted by atomic mass is 35.5. The minimum atomic E-state index is -0.437. The van der Waals surface area contributed by atoms with E-state index in [1.54, 1.807) is 6.20 Å². The van der Waals surface area contributed by atoms with Gasteiger partial charge in [0.1, 0.15) is 5.69 Å². The van der Waals surface area contributed by atoms with Crippen LogP contribution in [-0.2, 0) is 16.8 Å². The van der Waals surface area contributed by atoms with Gasteiger partial charge in [-0.15, -0.1) is 0 Å². The predicted molar refractivity (Wildman–Crippen MR) is 110 cm³/mol. The average Bonchev–Trinajstić information content (AvgIpc) is 3.40. The quantitative estimate of drug-likeness (QED) is 0.680. The Balaban J connectivity index is 1.39. The van der Waals surface area contributed by atoms with E-state index in [-0.39, 0.29) is 5.91 Å². The first-order valence-electron chi connectivity index (χ1n) is 9.67. The van der Waals surface area contributed by atoms with Gasteiger partial charge in [0.2, 0.25) is 5.91 Å². The molecule has 0 spiro atoms. The molecule has 0 unspecified atom stereocenters. The lowest BCUT2D eigenvalue weighted by Gasteiger charge is -2.28. The lowest BCUT2D eigenvalue weighted by Crippen LogP contribution is -2.43. The predicted octanol–water partition coefficient (Wildman–Crippen LogP) is 4.23. The van der Waals surface area contributed by atoms with E-state index >= 15 is 0 Å². The molecule has 2 aromatic heterocycles. The summed E-state index contributed by atoms with van der Waals surface area (Å²) in [5, 5.41) is 8.37. The summed E-state index contributed by atoms with van der Waals surface area (Å²) in [4.78, 5) is 17.4. The molecule has 144 valence electrons. The second-order valence-corrected chi connectivity index (χ2v) is 7.67. The molecule has 0 aliphatic heterocycles. The number of hydrogen-bond donors (Lipinski definition) is 1. The van der Waals surface area contributed by atoms with Crippen LogP contribution in [0.5, 0.6) is 0 Å². The van der Waals surface area contributed by atoms with E-state index in [0.29, 0.717) is 18.1 Å². The maximum Gasteiger partial charge on any atom is 0.230 e. The molecule has 1 N–H and O–H groups in total. The standard InChI is InChI=1S/C22H23ClN4O/c23-18-8-6-17(7-9-18)22(11-2-3-12-22)21(28)25-14-16-27-15-10-20(26-27)19-5-1-4-13-24-19/h1,4-10,13,15H,2-3,11-12,14,16H2,(H,25,28). The van der Waals surface area contributed by atoms with E-state index in [1.165, 1.54) is 0 Å². The van der Waals surface area contributed by atoms with E-state index < -0.39 is 5.41 Å². The maximum absolute atomic E-state index is 13.1. The minimum Gasteiger partial charge on any atom is -0.353 e. The van der Waals surface area contributed by atoms with Crippen LogP contribution in [0.15, 0.2) is 60.9 Å². The van der Waals surface area contributed by atoms with Gasteiger partial charge in [0, 0.05) is 24.0 Å². The lowest BCUT2D eigenvalue weighted by molar-refractivity contribution is -0.126. The van der Waals surface area contributed by atoms with E-state index in [2.05, 4.69) is 15.4 Å². The third-order valence-corrected chi connectivity index (χ3v) is 5.73. The van der Waals surface area contributed by atoms with E-state index in [1.807, 2.05) is 59.4 Å². The number of carbonyl (C=O) groups excluding carboxylic acids is 1. The van der Waals surface area contributed by atoms with Gasteiger partial charge in [0.15, 0.2) is 0 Å². The Hall–Kier alpha value is -2.66. The number of amides is 1. The molecular weight excluding hydrogens is 372 g/mol. The molecule has 3 aromatic rings. The molecule has 28 heavy (non-hydrogen) atoms. The van der Waals surface area contributed by atoms with E-state index in [9.17, 15) is 4.79 Å². The zero-order valence-corrected chi connectivity index (χ0v) is 16.4. The van der Waals surface area contributed by atoms with Gasteiger partial charge in [-0.2, -0.15) is 5.10 Å². The first kappa shape index (κ1) is 18.7. The summed E-state index contributed by atoms with van der Waals surface area (Å²) in [6.45, 7) is 1.16. The summed E-state index contributed by atoms with van der Waals surface area (Å²) in [5.41, 5.74) is 2.30. The molecule has 5 nitrogen and oxygen atoms in total. The molecular formula is C22H23ClN4O. The summed E-state index contributed by atoms with van der Waals surface area (Å²) in [5.74, 6) is 0.101. The molecule has 1 saturated carbocycles. The Morgan fingerprint density at radius 2 is 1.86 bits per heavy atom. The van der Waals surface area contributed by atoms with Crippen LogP contribution in [0.2, 0.25) is 5.02 Å². The Morgan fingerprint density at radius 1 is 1.07 bits per heavy atom. The molecule has 1 aliphatic carbocycles. The number of hydrogen-bond acceptors (Lipinski definition) is 3. The number of halogens is 1. The molecule has 4 rings (SSSR count). The first-order chi connectivity index (χ1) is 13.7. The largest absolute Gasteiger partial charge is 0.353 e. The van der Waals surface area contributed by atoms with Gasteiger partial charge in [0.25, 0.3) is 0 Å². The molecule has 1 fully saturated rings. The normalized spacial score (nSPS) is 15.5. The Bertz CT molecular complexity index is 931. The van der Waals surface area contributed by atoms with Crippen molar-refractivity contribution in [2.75, 3.05) is 6.54 Å². The second kappa shape index (κ2) is 8.15. The van der Waals surface area contributed by atoms with Crippen molar-refractivity contribution < 1.29 is 4.79 Å². The molecule has 1 aliphatic rings. The summed E-state index contributed by atoms with van der Waals surface area (Å²) in [7, 11) is 0. The van der Waals surface area contributed by atoms with Crippen LogP contribution < -0.4 is 5.32 Å². The summed E-state index contributed by atoms with van der Waals surface area (Å²) in [6.07, 6.45) is 7.58. The molecule has 0 atom stereocenters. The number of rotatable bonds is 6. The Morgan fingerprint density at radius 3 is 2.57 bits per heavy atom. The van der Waals surface area contributed by atoms with Crippen molar-refractivity contribution >= 4 is 17.5 Å². The zero-order chi connectivity index (χ0) is 19.4. The fourth-order valence-electron chi connectivity index (χ4n) is 3.98. The number of pyridine rings is 1. The van der Waals surface area contributed by atoms with Crippen molar-refractivity contribution in [1.29, 1.82) is 0 Å². The van der Waals surface area contributed by atoms with Gasteiger partial charge in [-0.25, -0.2) is 0 Å². The van der Waals surface area contributed by atoms with Crippen LogP contribution in [0.4, 0.5) is 0 Å². The maximum atomic E-state index is 13.1. The molecule has 1 aromatic carbocycles. The van der Waals surface area contributed by atoms with Crippen molar-refractivity contribution in [3.8, 4) is 11.4 Å². The van der Waals surface area contributed by atoms with Crippen LogP contribution >= 0.6 is 11.6 Å².